The molecule has 8 heteroatoms. The van der Waals surface area contributed by atoms with Crippen LogP contribution in [-0.2, 0) is 20.7 Å². The molecule has 0 N–H and O–H groups in total. The average molecular weight is 313 g/mol. The molecular formula is C11H14F3NO2S2. The van der Waals surface area contributed by atoms with Gasteiger partial charge in [-0.15, -0.1) is 3.77 Å². The fourth-order valence-corrected chi connectivity index (χ4v) is 4.72. The first kappa shape index (κ1) is 16.2. The summed E-state index contributed by atoms with van der Waals surface area (Å²) >= 11 is 0. The summed E-state index contributed by atoms with van der Waals surface area (Å²) in [6.07, 6.45) is 1.37. The van der Waals surface area contributed by atoms with Crippen LogP contribution in [0.15, 0.2) is 20.8 Å². The summed E-state index contributed by atoms with van der Waals surface area (Å²) in [7, 11) is -6.82. The SMILES string of the molecule is Cc1cc(C)c(/S(C)=N/S(=O)(=O)C(F)(F)F)c(C)c1. The van der Waals surface area contributed by atoms with Crippen LogP contribution < -0.4 is 0 Å². The summed E-state index contributed by atoms with van der Waals surface area (Å²) in [6.45, 7) is 5.32. The molecule has 1 atom stereocenters. The van der Waals surface area contributed by atoms with Gasteiger partial charge in [-0.1, -0.05) is 28.4 Å². The number of alkyl halides is 3. The number of benzene rings is 1. The van der Waals surface area contributed by atoms with Crippen molar-refractivity contribution in [1.82, 2.24) is 0 Å². The number of halogens is 3. The predicted molar refractivity (Wildman–Crippen MR) is 69.6 cm³/mol. The smallest absolute Gasteiger partial charge is 0.194 e. The maximum Gasteiger partial charge on any atom is 0.519 e. The lowest BCUT2D eigenvalue weighted by atomic mass is 10.1. The van der Waals surface area contributed by atoms with Crippen molar-refractivity contribution in [2.45, 2.75) is 31.2 Å². The van der Waals surface area contributed by atoms with Crippen LogP contribution in [0.2, 0.25) is 0 Å². The van der Waals surface area contributed by atoms with Gasteiger partial charge in [-0.25, -0.2) is 0 Å². The highest BCUT2D eigenvalue weighted by molar-refractivity contribution is 8.00. The Morgan fingerprint density at radius 1 is 1.11 bits per heavy atom. The van der Waals surface area contributed by atoms with E-state index in [-0.39, 0.29) is 0 Å². The number of aryl methyl sites for hydroxylation is 3. The Morgan fingerprint density at radius 3 is 1.89 bits per heavy atom. The van der Waals surface area contributed by atoms with Crippen LogP contribution in [0.3, 0.4) is 0 Å². The summed E-state index contributed by atoms with van der Waals surface area (Å²) in [5.74, 6) is 0. The first-order valence-electron chi connectivity index (χ1n) is 5.24. The van der Waals surface area contributed by atoms with E-state index in [2.05, 4.69) is 3.77 Å². The van der Waals surface area contributed by atoms with E-state index in [9.17, 15) is 21.6 Å². The second-order valence-corrected chi connectivity index (χ2v) is 7.57. The molecule has 1 aromatic carbocycles. The molecule has 19 heavy (non-hydrogen) atoms. The lowest BCUT2D eigenvalue weighted by Crippen LogP contribution is -2.21. The van der Waals surface area contributed by atoms with Crippen LogP contribution in [0.1, 0.15) is 16.7 Å². The topological polar surface area (TPSA) is 46.5 Å². The van der Waals surface area contributed by atoms with Crippen molar-refractivity contribution in [3.8, 4) is 0 Å². The fourth-order valence-electron chi connectivity index (χ4n) is 1.86. The molecule has 0 saturated carbocycles. The van der Waals surface area contributed by atoms with Gasteiger partial charge in [0.05, 0.1) is 0 Å². The summed E-state index contributed by atoms with van der Waals surface area (Å²) in [4.78, 5) is 0.540. The van der Waals surface area contributed by atoms with Crippen molar-refractivity contribution < 1.29 is 21.6 Å². The molecule has 0 aliphatic heterocycles. The third-order valence-corrected chi connectivity index (χ3v) is 5.90. The number of nitrogens with zero attached hydrogens (tertiary/aromatic N) is 1. The molecule has 0 aromatic heterocycles. The van der Waals surface area contributed by atoms with Gasteiger partial charge >= 0.3 is 15.5 Å². The number of sulfonamides is 1. The molecular weight excluding hydrogens is 299 g/mol. The molecule has 0 radical (unpaired) electrons. The van der Waals surface area contributed by atoms with Crippen molar-refractivity contribution in [2.24, 2.45) is 3.77 Å². The van der Waals surface area contributed by atoms with Gasteiger partial charge in [-0.3, -0.25) is 0 Å². The molecule has 1 aromatic rings. The Hall–Kier alpha value is -0.890. The molecule has 0 heterocycles. The fraction of sp³-hybridized carbons (Fsp3) is 0.455. The molecule has 0 bridgehead atoms. The molecule has 0 fully saturated rings. The van der Waals surface area contributed by atoms with Gasteiger partial charge in [-0.05, 0) is 38.2 Å². The van der Waals surface area contributed by atoms with Crippen molar-refractivity contribution in [1.29, 1.82) is 0 Å². The first-order chi connectivity index (χ1) is 8.45. The first-order valence-corrected chi connectivity index (χ1v) is 8.27. The standard InChI is InChI=1S/C11H14F3NO2S2/c1-7-5-8(2)10(9(3)6-7)18(4)15-19(16,17)11(12,13)14/h5-6H,1-4H3. The third kappa shape index (κ3) is 3.56. The molecule has 1 rings (SSSR count). The van der Waals surface area contributed by atoms with Gasteiger partial charge in [-0.2, -0.15) is 21.6 Å². The van der Waals surface area contributed by atoms with Crippen LogP contribution in [0.25, 0.3) is 0 Å². The van der Waals surface area contributed by atoms with Crippen LogP contribution in [0, 0.1) is 20.8 Å². The second-order valence-electron chi connectivity index (χ2n) is 4.20. The maximum atomic E-state index is 12.3. The Morgan fingerprint density at radius 2 is 1.53 bits per heavy atom. The van der Waals surface area contributed by atoms with E-state index in [0.29, 0.717) is 4.90 Å². The van der Waals surface area contributed by atoms with Crippen LogP contribution in [-0.4, -0.2) is 20.2 Å². The van der Waals surface area contributed by atoms with Crippen molar-refractivity contribution in [2.75, 3.05) is 6.26 Å². The summed E-state index contributed by atoms with van der Waals surface area (Å²) in [6, 6.07) is 3.59. The molecule has 108 valence electrons. The van der Waals surface area contributed by atoms with E-state index in [1.807, 2.05) is 6.92 Å². The molecule has 0 spiro atoms. The Balaban J connectivity index is 3.41. The summed E-state index contributed by atoms with van der Waals surface area (Å²) in [5.41, 5.74) is -2.90. The highest BCUT2D eigenvalue weighted by Crippen LogP contribution is 2.28. The summed E-state index contributed by atoms with van der Waals surface area (Å²) in [5, 5.41) is 0. The van der Waals surface area contributed by atoms with Crippen molar-refractivity contribution >= 4 is 20.7 Å². The zero-order chi connectivity index (χ0) is 15.0. The highest BCUT2D eigenvalue weighted by atomic mass is 32.3. The lowest BCUT2D eigenvalue weighted by molar-refractivity contribution is -0.0434. The van der Waals surface area contributed by atoms with Gasteiger partial charge in [0.15, 0.2) is 0 Å². The minimum absolute atomic E-state index is 0.540. The summed E-state index contributed by atoms with van der Waals surface area (Å²) < 4.78 is 62.0. The average Bonchev–Trinajstić information content (AvgIpc) is 2.12. The molecule has 1 unspecified atom stereocenters. The normalized spacial score (nSPS) is 14.7. The molecule has 3 nitrogen and oxygen atoms in total. The quantitative estimate of drug-likeness (QED) is 0.841. The van der Waals surface area contributed by atoms with E-state index < -0.39 is 26.2 Å². The van der Waals surface area contributed by atoms with Gasteiger partial charge in [0, 0.05) is 4.90 Å². The highest BCUT2D eigenvalue weighted by Gasteiger charge is 2.46. The third-order valence-electron chi connectivity index (χ3n) is 2.40. The van der Waals surface area contributed by atoms with E-state index in [0.717, 1.165) is 16.7 Å². The lowest BCUT2D eigenvalue weighted by Gasteiger charge is -2.12. The second kappa shape index (κ2) is 5.24. The monoisotopic (exact) mass is 313 g/mol. The minimum Gasteiger partial charge on any atom is -0.194 e. The molecule has 0 saturated heterocycles. The van der Waals surface area contributed by atoms with E-state index >= 15 is 0 Å². The van der Waals surface area contributed by atoms with Crippen molar-refractivity contribution in [3.05, 3.63) is 28.8 Å². The van der Waals surface area contributed by atoms with Crippen LogP contribution >= 0.6 is 0 Å². The minimum atomic E-state index is -5.45. The maximum absolute atomic E-state index is 12.3. The van der Waals surface area contributed by atoms with Gasteiger partial charge in [0.1, 0.15) is 0 Å². The zero-order valence-electron chi connectivity index (χ0n) is 10.9. The van der Waals surface area contributed by atoms with E-state index in [1.54, 1.807) is 26.0 Å². The number of hydrogen-bond donors (Lipinski definition) is 0. The number of rotatable bonds is 2. The van der Waals surface area contributed by atoms with E-state index in [1.165, 1.54) is 6.26 Å². The number of hydrogen-bond acceptors (Lipinski definition) is 2. The molecule has 0 aliphatic rings. The van der Waals surface area contributed by atoms with Crippen LogP contribution in [0.4, 0.5) is 13.2 Å². The van der Waals surface area contributed by atoms with Gasteiger partial charge in [0.25, 0.3) is 0 Å². The Bertz CT molecular complexity index is 611. The molecule has 0 aliphatic carbocycles. The Labute approximate surface area is 113 Å². The van der Waals surface area contributed by atoms with Gasteiger partial charge < -0.3 is 0 Å². The zero-order valence-corrected chi connectivity index (χ0v) is 12.5. The largest absolute Gasteiger partial charge is 0.519 e. The van der Waals surface area contributed by atoms with Gasteiger partial charge in [0.2, 0.25) is 0 Å². The van der Waals surface area contributed by atoms with Crippen molar-refractivity contribution in [3.63, 3.8) is 0 Å². The Kier molecular flexibility index (Phi) is 4.46. The van der Waals surface area contributed by atoms with Crippen LogP contribution in [0.5, 0.6) is 0 Å². The molecule has 0 amide bonds. The van der Waals surface area contributed by atoms with E-state index in [4.69, 9.17) is 0 Å². The predicted octanol–water partition coefficient (Wildman–Crippen LogP) is 3.25.